The fourth-order valence-corrected chi connectivity index (χ4v) is 1.17. The first-order valence-corrected chi connectivity index (χ1v) is 4.68. The van der Waals surface area contributed by atoms with Gasteiger partial charge in [-0.2, -0.15) is 0 Å². The van der Waals surface area contributed by atoms with Crippen LogP contribution in [-0.2, 0) is 4.79 Å². The number of nitrogens with one attached hydrogen (secondary N) is 1. The van der Waals surface area contributed by atoms with E-state index in [2.05, 4.69) is 33.0 Å². The molecule has 0 spiro atoms. The zero-order valence-electron chi connectivity index (χ0n) is 8.48. The number of amides is 1. The van der Waals surface area contributed by atoms with E-state index in [0.717, 1.165) is 13.0 Å². The summed E-state index contributed by atoms with van der Waals surface area (Å²) >= 11 is 0. The van der Waals surface area contributed by atoms with Crippen LogP contribution in [0.25, 0.3) is 0 Å². The van der Waals surface area contributed by atoms with E-state index in [0.29, 0.717) is 11.8 Å². The second-order valence-electron chi connectivity index (χ2n) is 5.10. The molecule has 70 valence electrons. The summed E-state index contributed by atoms with van der Waals surface area (Å²) in [4.78, 5) is 11.4. The molecule has 0 saturated heterocycles. The van der Waals surface area contributed by atoms with E-state index < -0.39 is 0 Å². The van der Waals surface area contributed by atoms with Crippen molar-refractivity contribution in [2.75, 3.05) is 6.54 Å². The lowest BCUT2D eigenvalue weighted by Gasteiger charge is -2.18. The molecule has 1 amide bonds. The Labute approximate surface area is 74.7 Å². The highest BCUT2D eigenvalue weighted by molar-refractivity contribution is 5.81. The molecular weight excluding hydrogens is 150 g/mol. The van der Waals surface area contributed by atoms with Gasteiger partial charge in [-0.05, 0) is 17.8 Å². The number of carbonyl (C=O) groups is 1. The molecule has 0 aromatic heterocycles. The Morgan fingerprint density at radius 1 is 1.50 bits per heavy atom. The van der Waals surface area contributed by atoms with Crippen molar-refractivity contribution in [2.24, 2.45) is 17.3 Å². The minimum absolute atomic E-state index is 0.202. The molecule has 1 aliphatic rings. The third kappa shape index (κ3) is 2.84. The van der Waals surface area contributed by atoms with E-state index >= 15 is 0 Å². The minimum atomic E-state index is 0.202. The van der Waals surface area contributed by atoms with Gasteiger partial charge >= 0.3 is 0 Å². The van der Waals surface area contributed by atoms with E-state index in [1.165, 1.54) is 0 Å². The normalized spacial score (nSPS) is 28.3. The quantitative estimate of drug-likeness (QED) is 0.671. The summed E-state index contributed by atoms with van der Waals surface area (Å²) in [6, 6.07) is 0. The molecule has 1 rings (SSSR count). The third-order valence-corrected chi connectivity index (χ3v) is 2.24. The lowest BCUT2D eigenvalue weighted by molar-refractivity contribution is -0.122. The van der Waals surface area contributed by atoms with Gasteiger partial charge in [-0.15, -0.1) is 0 Å². The maximum absolute atomic E-state index is 11.4. The molecule has 1 fully saturated rings. The highest BCUT2D eigenvalue weighted by Gasteiger charge is 2.39. The molecule has 2 atom stereocenters. The fourth-order valence-electron chi connectivity index (χ4n) is 1.17. The van der Waals surface area contributed by atoms with Gasteiger partial charge in [0.25, 0.3) is 0 Å². The second kappa shape index (κ2) is 3.08. The lowest BCUT2D eigenvalue weighted by atomic mass is 9.97. The number of hydrogen-bond donors (Lipinski definition) is 1. The van der Waals surface area contributed by atoms with E-state index in [1.54, 1.807) is 0 Å². The number of rotatable bonds is 2. The summed E-state index contributed by atoms with van der Waals surface area (Å²) in [5.74, 6) is 1.18. The van der Waals surface area contributed by atoms with Crippen LogP contribution in [0.4, 0.5) is 0 Å². The maximum atomic E-state index is 11.4. The Kier molecular flexibility index (Phi) is 2.45. The van der Waals surface area contributed by atoms with Gasteiger partial charge in [0.1, 0.15) is 0 Å². The molecule has 2 heteroatoms. The molecule has 0 aliphatic heterocycles. The van der Waals surface area contributed by atoms with Crippen LogP contribution in [-0.4, -0.2) is 12.5 Å². The van der Waals surface area contributed by atoms with Crippen molar-refractivity contribution in [3.8, 4) is 0 Å². The zero-order chi connectivity index (χ0) is 9.35. The molecular formula is C10H19NO. The van der Waals surface area contributed by atoms with Gasteiger partial charge in [0.05, 0.1) is 0 Å². The van der Waals surface area contributed by atoms with Gasteiger partial charge in [-0.25, -0.2) is 0 Å². The first-order chi connectivity index (χ1) is 5.40. The molecule has 0 aromatic rings. The second-order valence-corrected chi connectivity index (χ2v) is 5.10. The van der Waals surface area contributed by atoms with Gasteiger partial charge in [-0.1, -0.05) is 27.7 Å². The van der Waals surface area contributed by atoms with Gasteiger partial charge in [0, 0.05) is 12.5 Å². The van der Waals surface area contributed by atoms with E-state index in [4.69, 9.17) is 0 Å². The SMILES string of the molecule is C[C@@H]1C[C@H]1C(=O)NCC(C)(C)C. The minimum Gasteiger partial charge on any atom is -0.355 e. The standard InChI is InChI=1S/C10H19NO/c1-7-5-8(7)9(12)11-6-10(2,3)4/h7-8H,5-6H2,1-4H3,(H,11,12)/t7-,8-/m1/s1. The Balaban J connectivity index is 2.20. The molecule has 0 unspecified atom stereocenters. The van der Waals surface area contributed by atoms with Crippen LogP contribution in [0.2, 0.25) is 0 Å². The highest BCUT2D eigenvalue weighted by Crippen LogP contribution is 2.37. The molecule has 0 bridgehead atoms. The molecule has 12 heavy (non-hydrogen) atoms. The number of hydrogen-bond acceptors (Lipinski definition) is 1. The molecule has 2 nitrogen and oxygen atoms in total. The van der Waals surface area contributed by atoms with Gasteiger partial charge in [0.15, 0.2) is 0 Å². The van der Waals surface area contributed by atoms with Crippen molar-refractivity contribution in [3.05, 3.63) is 0 Å². The van der Waals surface area contributed by atoms with Crippen LogP contribution in [0.15, 0.2) is 0 Å². The Morgan fingerprint density at radius 3 is 2.33 bits per heavy atom. The summed E-state index contributed by atoms with van der Waals surface area (Å²) in [5.41, 5.74) is 0.202. The zero-order valence-corrected chi connectivity index (χ0v) is 8.48. The maximum Gasteiger partial charge on any atom is 0.223 e. The van der Waals surface area contributed by atoms with Crippen LogP contribution >= 0.6 is 0 Å². The highest BCUT2D eigenvalue weighted by atomic mass is 16.2. The lowest BCUT2D eigenvalue weighted by Crippen LogP contribution is -2.33. The summed E-state index contributed by atoms with van der Waals surface area (Å²) in [5, 5.41) is 2.98. The van der Waals surface area contributed by atoms with Crippen molar-refractivity contribution < 1.29 is 4.79 Å². The average molecular weight is 169 g/mol. The van der Waals surface area contributed by atoms with Crippen LogP contribution in [0.1, 0.15) is 34.1 Å². The summed E-state index contributed by atoms with van der Waals surface area (Å²) in [6.45, 7) is 9.30. The van der Waals surface area contributed by atoms with Crippen molar-refractivity contribution in [3.63, 3.8) is 0 Å². The predicted molar refractivity (Wildman–Crippen MR) is 49.7 cm³/mol. The molecule has 0 aromatic carbocycles. The predicted octanol–water partition coefficient (Wildman–Crippen LogP) is 1.80. The molecule has 0 radical (unpaired) electrons. The van der Waals surface area contributed by atoms with E-state index in [-0.39, 0.29) is 11.3 Å². The smallest absolute Gasteiger partial charge is 0.223 e. The monoisotopic (exact) mass is 169 g/mol. The Morgan fingerprint density at radius 2 is 2.00 bits per heavy atom. The molecule has 1 N–H and O–H groups in total. The van der Waals surface area contributed by atoms with Crippen molar-refractivity contribution >= 4 is 5.91 Å². The van der Waals surface area contributed by atoms with Crippen LogP contribution in [0.5, 0.6) is 0 Å². The van der Waals surface area contributed by atoms with Gasteiger partial charge in [-0.3, -0.25) is 4.79 Å². The topological polar surface area (TPSA) is 29.1 Å². The molecule has 1 aliphatic carbocycles. The van der Waals surface area contributed by atoms with Gasteiger partial charge in [0.2, 0.25) is 5.91 Å². The van der Waals surface area contributed by atoms with E-state index in [1.807, 2.05) is 0 Å². The van der Waals surface area contributed by atoms with Gasteiger partial charge < -0.3 is 5.32 Å². The van der Waals surface area contributed by atoms with Crippen LogP contribution < -0.4 is 5.32 Å². The molecule has 1 saturated carbocycles. The Hall–Kier alpha value is -0.530. The first-order valence-electron chi connectivity index (χ1n) is 4.68. The average Bonchev–Trinajstić information content (AvgIpc) is 2.60. The Bertz CT molecular complexity index is 181. The van der Waals surface area contributed by atoms with Crippen molar-refractivity contribution in [1.29, 1.82) is 0 Å². The summed E-state index contributed by atoms with van der Waals surface area (Å²) in [6.07, 6.45) is 1.08. The molecule has 0 heterocycles. The van der Waals surface area contributed by atoms with E-state index in [9.17, 15) is 4.79 Å². The van der Waals surface area contributed by atoms with Crippen LogP contribution in [0, 0.1) is 17.3 Å². The largest absolute Gasteiger partial charge is 0.355 e. The summed E-state index contributed by atoms with van der Waals surface area (Å²) < 4.78 is 0. The fraction of sp³-hybridized carbons (Fsp3) is 0.900. The van der Waals surface area contributed by atoms with Crippen molar-refractivity contribution in [1.82, 2.24) is 5.32 Å². The third-order valence-electron chi connectivity index (χ3n) is 2.24. The summed E-state index contributed by atoms with van der Waals surface area (Å²) in [7, 11) is 0. The van der Waals surface area contributed by atoms with Crippen molar-refractivity contribution in [2.45, 2.75) is 34.1 Å². The van der Waals surface area contributed by atoms with Crippen LogP contribution in [0.3, 0.4) is 0 Å². The first kappa shape index (κ1) is 9.56. The number of carbonyl (C=O) groups excluding carboxylic acids is 1.